The van der Waals surface area contributed by atoms with Crippen LogP contribution in [0.4, 0.5) is 5.69 Å². The van der Waals surface area contributed by atoms with Crippen LogP contribution in [-0.2, 0) is 0 Å². The van der Waals surface area contributed by atoms with E-state index in [-0.39, 0.29) is 0 Å². The molecule has 0 radical (unpaired) electrons. The van der Waals surface area contributed by atoms with Gasteiger partial charge in [-0.3, -0.25) is 0 Å². The van der Waals surface area contributed by atoms with Crippen molar-refractivity contribution in [3.63, 3.8) is 0 Å². The minimum absolute atomic E-state index is 0.591. The highest BCUT2D eigenvalue weighted by Gasteiger charge is 2.13. The molecule has 1 saturated carbocycles. The number of rotatable bonds is 4. The average molecular weight is 253 g/mol. The van der Waals surface area contributed by atoms with Gasteiger partial charge < -0.3 is 5.32 Å². The van der Waals surface area contributed by atoms with Crippen molar-refractivity contribution in [3.05, 3.63) is 23.0 Å². The Hall–Kier alpha value is -0.760. The topological polar surface area (TPSA) is 24.9 Å². The van der Waals surface area contributed by atoms with Crippen molar-refractivity contribution in [3.8, 4) is 0 Å². The van der Waals surface area contributed by atoms with Crippen molar-refractivity contribution in [1.29, 1.82) is 0 Å². The first-order valence-electron chi connectivity index (χ1n) is 6.62. The second-order valence-electron chi connectivity index (χ2n) is 5.01. The molecular formula is C14H21ClN2. The molecule has 1 aliphatic rings. The first-order chi connectivity index (χ1) is 8.27. The van der Waals surface area contributed by atoms with Gasteiger partial charge in [0.1, 0.15) is 0 Å². The lowest BCUT2D eigenvalue weighted by Gasteiger charge is -2.22. The van der Waals surface area contributed by atoms with Crippen LogP contribution in [0.25, 0.3) is 0 Å². The fraction of sp³-hybridized carbons (Fsp3) is 0.643. The van der Waals surface area contributed by atoms with E-state index in [0.29, 0.717) is 5.15 Å². The van der Waals surface area contributed by atoms with Gasteiger partial charge in [0.25, 0.3) is 0 Å². The lowest BCUT2D eigenvalue weighted by Crippen LogP contribution is -2.13. The maximum atomic E-state index is 6.08. The number of pyridine rings is 1. The lowest BCUT2D eigenvalue weighted by atomic mass is 9.87. The molecule has 2 rings (SSSR count). The fourth-order valence-corrected chi connectivity index (χ4v) is 2.89. The van der Waals surface area contributed by atoms with Crippen LogP contribution in [0.5, 0.6) is 0 Å². The summed E-state index contributed by atoms with van der Waals surface area (Å²) in [4.78, 5) is 4.11. The van der Waals surface area contributed by atoms with Crippen molar-refractivity contribution < 1.29 is 0 Å². The molecule has 0 unspecified atom stereocenters. The summed E-state index contributed by atoms with van der Waals surface area (Å²) in [6.45, 7) is 3.08. The minimum Gasteiger partial charge on any atom is -0.382 e. The first-order valence-corrected chi connectivity index (χ1v) is 7.00. The molecule has 2 nitrogen and oxygen atoms in total. The van der Waals surface area contributed by atoms with E-state index in [1.807, 2.05) is 6.07 Å². The Balaban J connectivity index is 1.81. The number of halogens is 1. The zero-order valence-corrected chi connectivity index (χ0v) is 11.3. The molecule has 0 aliphatic heterocycles. The minimum atomic E-state index is 0.591. The highest BCUT2D eigenvalue weighted by molar-refractivity contribution is 6.32. The van der Waals surface area contributed by atoms with Gasteiger partial charge in [-0.15, -0.1) is 0 Å². The van der Waals surface area contributed by atoms with Gasteiger partial charge >= 0.3 is 0 Å². The molecule has 1 aromatic heterocycles. The third kappa shape index (κ3) is 3.60. The van der Waals surface area contributed by atoms with Crippen LogP contribution in [0.3, 0.4) is 0 Å². The van der Waals surface area contributed by atoms with Crippen molar-refractivity contribution in [1.82, 2.24) is 4.98 Å². The van der Waals surface area contributed by atoms with E-state index < -0.39 is 0 Å². The molecule has 0 bridgehead atoms. The molecule has 94 valence electrons. The van der Waals surface area contributed by atoms with Crippen LogP contribution in [0.1, 0.15) is 44.1 Å². The van der Waals surface area contributed by atoms with Gasteiger partial charge in [0.15, 0.2) is 5.15 Å². The van der Waals surface area contributed by atoms with Gasteiger partial charge in [0.2, 0.25) is 0 Å². The third-order valence-electron chi connectivity index (χ3n) is 3.69. The summed E-state index contributed by atoms with van der Waals surface area (Å²) in [5, 5.41) is 4.03. The monoisotopic (exact) mass is 252 g/mol. The van der Waals surface area contributed by atoms with Crippen molar-refractivity contribution >= 4 is 17.3 Å². The second kappa shape index (κ2) is 6.25. The molecule has 1 fully saturated rings. The summed E-state index contributed by atoms with van der Waals surface area (Å²) in [5.74, 6) is 0.909. The number of hydrogen-bond acceptors (Lipinski definition) is 2. The van der Waals surface area contributed by atoms with Crippen LogP contribution in [0.2, 0.25) is 5.15 Å². The molecule has 1 aromatic rings. The predicted molar refractivity (Wildman–Crippen MR) is 73.7 cm³/mol. The molecule has 0 amide bonds. The average Bonchev–Trinajstić information content (AvgIpc) is 2.34. The highest BCUT2D eigenvalue weighted by Crippen LogP contribution is 2.27. The number of nitrogens with zero attached hydrogens (tertiary/aromatic N) is 1. The summed E-state index contributed by atoms with van der Waals surface area (Å²) in [6, 6.07) is 1.99. The Morgan fingerprint density at radius 2 is 2.12 bits per heavy atom. The largest absolute Gasteiger partial charge is 0.382 e. The highest BCUT2D eigenvalue weighted by atomic mass is 35.5. The number of anilines is 1. The second-order valence-corrected chi connectivity index (χ2v) is 5.37. The molecule has 17 heavy (non-hydrogen) atoms. The predicted octanol–water partition coefficient (Wildman–Crippen LogP) is 4.43. The molecule has 0 aromatic carbocycles. The smallest absolute Gasteiger partial charge is 0.152 e. The molecule has 0 spiro atoms. The molecule has 0 saturated heterocycles. The van der Waals surface area contributed by atoms with E-state index >= 15 is 0 Å². The number of hydrogen-bond donors (Lipinski definition) is 1. The van der Waals surface area contributed by atoms with Crippen LogP contribution in [0, 0.1) is 12.8 Å². The zero-order valence-electron chi connectivity index (χ0n) is 10.5. The van der Waals surface area contributed by atoms with E-state index in [0.717, 1.165) is 18.2 Å². The molecular weight excluding hydrogens is 232 g/mol. The third-order valence-corrected chi connectivity index (χ3v) is 3.98. The molecule has 1 heterocycles. The molecule has 1 aliphatic carbocycles. The van der Waals surface area contributed by atoms with Gasteiger partial charge in [-0.05, 0) is 30.9 Å². The SMILES string of the molecule is Cc1ccnc(Cl)c1NCCC1CCCCC1. The summed E-state index contributed by atoms with van der Waals surface area (Å²) in [7, 11) is 0. The van der Waals surface area contributed by atoms with Gasteiger partial charge in [-0.1, -0.05) is 43.7 Å². The van der Waals surface area contributed by atoms with E-state index in [9.17, 15) is 0 Å². The van der Waals surface area contributed by atoms with Gasteiger partial charge in [0, 0.05) is 12.7 Å². The van der Waals surface area contributed by atoms with Crippen LogP contribution < -0.4 is 5.32 Å². The molecule has 1 N–H and O–H groups in total. The lowest BCUT2D eigenvalue weighted by molar-refractivity contribution is 0.345. The summed E-state index contributed by atoms with van der Waals surface area (Å²) in [6.07, 6.45) is 10.1. The van der Waals surface area contributed by atoms with Crippen LogP contribution >= 0.6 is 11.6 Å². The standard InChI is InChI=1S/C14H21ClN2/c1-11-7-9-17-14(15)13(11)16-10-8-12-5-3-2-4-6-12/h7,9,12,16H,2-6,8,10H2,1H3. The Kier molecular flexibility index (Phi) is 4.66. The van der Waals surface area contributed by atoms with Crippen LogP contribution in [-0.4, -0.2) is 11.5 Å². The maximum absolute atomic E-state index is 6.08. The summed E-state index contributed by atoms with van der Waals surface area (Å²) in [5.41, 5.74) is 2.18. The number of nitrogens with one attached hydrogen (secondary N) is 1. The number of aromatic nitrogens is 1. The van der Waals surface area contributed by atoms with E-state index in [1.165, 1.54) is 44.1 Å². The van der Waals surface area contributed by atoms with E-state index in [4.69, 9.17) is 11.6 Å². The summed E-state index contributed by atoms with van der Waals surface area (Å²) < 4.78 is 0. The van der Waals surface area contributed by atoms with E-state index in [2.05, 4.69) is 17.2 Å². The maximum Gasteiger partial charge on any atom is 0.152 e. The zero-order chi connectivity index (χ0) is 12.1. The van der Waals surface area contributed by atoms with Crippen molar-refractivity contribution in [2.24, 2.45) is 5.92 Å². The fourth-order valence-electron chi connectivity index (χ4n) is 2.61. The van der Waals surface area contributed by atoms with Crippen molar-refractivity contribution in [2.75, 3.05) is 11.9 Å². The van der Waals surface area contributed by atoms with Gasteiger partial charge in [0.05, 0.1) is 5.69 Å². The molecule has 3 heteroatoms. The molecule has 0 atom stereocenters. The van der Waals surface area contributed by atoms with E-state index in [1.54, 1.807) is 6.20 Å². The first kappa shape index (κ1) is 12.7. The van der Waals surface area contributed by atoms with Crippen molar-refractivity contribution in [2.45, 2.75) is 45.4 Å². The summed E-state index contributed by atoms with van der Waals surface area (Å²) >= 11 is 6.08. The van der Waals surface area contributed by atoms with Gasteiger partial charge in [-0.2, -0.15) is 0 Å². The number of aryl methyl sites for hydroxylation is 1. The quantitative estimate of drug-likeness (QED) is 0.802. The Bertz CT molecular complexity index is 339. The van der Waals surface area contributed by atoms with Gasteiger partial charge in [-0.25, -0.2) is 4.98 Å². The van der Waals surface area contributed by atoms with Crippen LogP contribution in [0.15, 0.2) is 12.3 Å². The Labute approximate surface area is 109 Å². The Morgan fingerprint density at radius 3 is 2.82 bits per heavy atom. The Morgan fingerprint density at radius 1 is 1.35 bits per heavy atom. The normalized spacial score (nSPS) is 17.1.